The van der Waals surface area contributed by atoms with Gasteiger partial charge in [-0.25, -0.2) is 4.98 Å². The zero-order chi connectivity index (χ0) is 22.6. The van der Waals surface area contributed by atoms with Gasteiger partial charge >= 0.3 is 0 Å². The Hall–Kier alpha value is -4.08. The number of para-hydroxylation sites is 1. The van der Waals surface area contributed by atoms with Gasteiger partial charge in [-0.1, -0.05) is 17.3 Å². The molecule has 1 atom stereocenters. The van der Waals surface area contributed by atoms with Crippen LogP contribution < -0.4 is 4.74 Å². The van der Waals surface area contributed by atoms with E-state index in [1.165, 1.54) is 0 Å². The summed E-state index contributed by atoms with van der Waals surface area (Å²) in [6.45, 7) is 1.32. The summed E-state index contributed by atoms with van der Waals surface area (Å²) in [7, 11) is 1.62. The first-order chi connectivity index (χ1) is 16.2. The Morgan fingerprint density at radius 2 is 2.18 bits per heavy atom. The minimum absolute atomic E-state index is 0.0703. The highest BCUT2D eigenvalue weighted by molar-refractivity contribution is 5.93. The van der Waals surface area contributed by atoms with Crippen molar-refractivity contribution < 1.29 is 14.1 Å². The topological polar surface area (TPSA) is 123 Å². The highest BCUT2D eigenvalue weighted by Gasteiger charge is 2.27. The number of amides is 1. The Bertz CT molecular complexity index is 1240. The Morgan fingerprint density at radius 3 is 3.03 bits per heavy atom. The van der Waals surface area contributed by atoms with E-state index in [-0.39, 0.29) is 11.8 Å². The van der Waals surface area contributed by atoms with Gasteiger partial charge in [-0.2, -0.15) is 10.1 Å². The fraction of sp³-hybridized carbons (Fsp3) is 0.304. The first-order valence-electron chi connectivity index (χ1n) is 10.8. The molecule has 33 heavy (non-hydrogen) atoms. The minimum Gasteiger partial charge on any atom is -0.496 e. The molecule has 0 aliphatic carbocycles. The molecular weight excluding hydrogens is 422 g/mol. The van der Waals surface area contributed by atoms with Crippen molar-refractivity contribution in [1.29, 1.82) is 0 Å². The smallest absolute Gasteiger partial charge is 0.271 e. The van der Waals surface area contributed by atoms with Gasteiger partial charge in [-0.15, -0.1) is 0 Å². The lowest BCUT2D eigenvalue weighted by atomic mass is 9.94. The largest absolute Gasteiger partial charge is 0.496 e. The first kappa shape index (κ1) is 20.8. The number of rotatable bonds is 6. The van der Waals surface area contributed by atoms with Crippen LogP contribution in [-0.2, 0) is 6.42 Å². The quantitative estimate of drug-likeness (QED) is 0.480. The molecule has 1 aliphatic rings. The molecule has 4 aromatic rings. The molecule has 5 rings (SSSR count). The van der Waals surface area contributed by atoms with Gasteiger partial charge < -0.3 is 14.2 Å². The molecule has 0 spiro atoms. The lowest BCUT2D eigenvalue weighted by molar-refractivity contribution is 0.0662. The summed E-state index contributed by atoms with van der Waals surface area (Å²) < 4.78 is 10.8. The summed E-state index contributed by atoms with van der Waals surface area (Å²) in [5, 5.41) is 11.2. The van der Waals surface area contributed by atoms with E-state index in [9.17, 15) is 4.79 Å². The number of aromatic nitrogens is 6. The van der Waals surface area contributed by atoms with Crippen LogP contribution in [0, 0.1) is 5.92 Å². The number of hydrogen-bond donors (Lipinski definition) is 1. The molecule has 1 aromatic carbocycles. The molecule has 0 unspecified atom stereocenters. The number of carbonyl (C=O) groups excluding carboxylic acids is 1. The van der Waals surface area contributed by atoms with E-state index in [1.807, 2.05) is 29.2 Å². The van der Waals surface area contributed by atoms with Crippen molar-refractivity contribution in [3.8, 4) is 28.5 Å². The van der Waals surface area contributed by atoms with Crippen molar-refractivity contribution in [2.24, 2.45) is 5.92 Å². The molecule has 10 heteroatoms. The number of nitrogens with one attached hydrogen (secondary N) is 1. The predicted molar refractivity (Wildman–Crippen MR) is 118 cm³/mol. The normalized spacial score (nSPS) is 16.0. The van der Waals surface area contributed by atoms with Crippen LogP contribution in [0.1, 0.15) is 29.2 Å². The van der Waals surface area contributed by atoms with Crippen molar-refractivity contribution in [2.45, 2.75) is 19.3 Å². The molecule has 1 saturated heterocycles. The highest BCUT2D eigenvalue weighted by atomic mass is 16.5. The number of ether oxygens (including phenoxy) is 1. The predicted octanol–water partition coefficient (Wildman–Crippen LogP) is 3.02. The molecule has 0 saturated carbocycles. The lowest BCUT2D eigenvalue weighted by Gasteiger charge is -2.31. The van der Waals surface area contributed by atoms with Crippen LogP contribution in [-0.4, -0.2) is 61.3 Å². The Labute approximate surface area is 190 Å². The fourth-order valence-corrected chi connectivity index (χ4v) is 4.12. The van der Waals surface area contributed by atoms with Crippen molar-refractivity contribution in [2.75, 3.05) is 20.2 Å². The van der Waals surface area contributed by atoms with E-state index in [2.05, 4.69) is 30.3 Å². The third kappa shape index (κ3) is 4.45. The van der Waals surface area contributed by atoms with E-state index in [4.69, 9.17) is 9.26 Å². The van der Waals surface area contributed by atoms with Crippen molar-refractivity contribution in [3.05, 3.63) is 60.5 Å². The number of carbonyl (C=O) groups is 1. The summed E-state index contributed by atoms with van der Waals surface area (Å²) >= 11 is 0. The molecule has 1 amide bonds. The van der Waals surface area contributed by atoms with Crippen LogP contribution in [0.5, 0.6) is 5.75 Å². The van der Waals surface area contributed by atoms with Crippen molar-refractivity contribution in [3.63, 3.8) is 0 Å². The molecule has 4 heterocycles. The summed E-state index contributed by atoms with van der Waals surface area (Å²) in [6, 6.07) is 9.37. The van der Waals surface area contributed by atoms with Gasteiger partial charge in [0.05, 0.1) is 19.0 Å². The highest BCUT2D eigenvalue weighted by Crippen LogP contribution is 2.29. The van der Waals surface area contributed by atoms with Gasteiger partial charge in [0.2, 0.25) is 11.7 Å². The number of nitrogens with zero attached hydrogens (tertiary/aromatic N) is 6. The van der Waals surface area contributed by atoms with E-state index >= 15 is 0 Å². The Balaban J connectivity index is 1.25. The van der Waals surface area contributed by atoms with Crippen LogP contribution in [0.25, 0.3) is 22.8 Å². The third-order valence-electron chi connectivity index (χ3n) is 5.72. The van der Waals surface area contributed by atoms with Crippen LogP contribution in [0.4, 0.5) is 0 Å². The molecule has 1 N–H and O–H groups in total. The summed E-state index contributed by atoms with van der Waals surface area (Å²) in [6.07, 6.45) is 7.28. The van der Waals surface area contributed by atoms with Crippen molar-refractivity contribution >= 4 is 5.91 Å². The van der Waals surface area contributed by atoms with Gasteiger partial charge in [-0.05, 0) is 37.0 Å². The third-order valence-corrected chi connectivity index (χ3v) is 5.72. The Morgan fingerprint density at radius 1 is 1.27 bits per heavy atom. The van der Waals surface area contributed by atoms with Crippen LogP contribution in [0.2, 0.25) is 0 Å². The number of likely N-dealkylation sites (tertiary alicyclic amines) is 1. The molecular formula is C23H23N7O3. The van der Waals surface area contributed by atoms with E-state index < -0.39 is 0 Å². The van der Waals surface area contributed by atoms with Gasteiger partial charge in [-0.3, -0.25) is 14.9 Å². The maximum Gasteiger partial charge on any atom is 0.271 e. The van der Waals surface area contributed by atoms with Gasteiger partial charge in [0.1, 0.15) is 17.1 Å². The Kier molecular flexibility index (Phi) is 5.79. The number of piperidine rings is 1. The van der Waals surface area contributed by atoms with E-state index in [0.717, 1.165) is 18.4 Å². The second-order valence-corrected chi connectivity index (χ2v) is 7.93. The summed E-state index contributed by atoms with van der Waals surface area (Å²) in [4.78, 5) is 27.7. The van der Waals surface area contributed by atoms with Crippen molar-refractivity contribution in [1.82, 2.24) is 35.2 Å². The number of hydrogen-bond acceptors (Lipinski definition) is 8. The number of aromatic amines is 1. The average molecular weight is 445 g/mol. The zero-order valence-electron chi connectivity index (χ0n) is 18.1. The molecule has 0 bridgehead atoms. The standard InChI is InChI=1S/C23H23N7O3/c1-32-20-7-3-2-6-16(20)17-12-18(28-27-17)23(31)30-10-4-5-15(14-30)11-21-26-22(29-33-21)19-13-24-8-9-25-19/h2-3,6-9,12-13,15H,4-5,10-11,14H2,1H3,(H,27,28)/t15-/m0/s1. The molecule has 10 nitrogen and oxygen atoms in total. The fourth-order valence-electron chi connectivity index (χ4n) is 4.12. The second kappa shape index (κ2) is 9.19. The maximum absolute atomic E-state index is 13.1. The number of H-pyrrole nitrogens is 1. The van der Waals surface area contributed by atoms with E-state index in [0.29, 0.717) is 54.1 Å². The monoisotopic (exact) mass is 445 g/mol. The molecule has 0 radical (unpaired) electrons. The van der Waals surface area contributed by atoms with Gasteiger partial charge in [0.25, 0.3) is 5.91 Å². The van der Waals surface area contributed by atoms with Gasteiger partial charge in [0, 0.05) is 37.5 Å². The van der Waals surface area contributed by atoms with Crippen LogP contribution in [0.3, 0.4) is 0 Å². The molecule has 168 valence electrons. The van der Waals surface area contributed by atoms with E-state index in [1.54, 1.807) is 31.8 Å². The second-order valence-electron chi connectivity index (χ2n) is 7.93. The summed E-state index contributed by atoms with van der Waals surface area (Å²) in [5.41, 5.74) is 2.53. The van der Waals surface area contributed by atoms with Crippen LogP contribution >= 0.6 is 0 Å². The van der Waals surface area contributed by atoms with Gasteiger partial charge in [0.15, 0.2) is 0 Å². The number of benzene rings is 1. The first-order valence-corrected chi connectivity index (χ1v) is 10.8. The van der Waals surface area contributed by atoms with Crippen LogP contribution in [0.15, 0.2) is 53.4 Å². The number of methoxy groups -OCH3 is 1. The molecule has 3 aromatic heterocycles. The molecule has 1 aliphatic heterocycles. The maximum atomic E-state index is 13.1. The SMILES string of the molecule is COc1ccccc1-c1cc(C(=O)N2CCC[C@@H](Cc3nc(-c4cnccn4)no3)C2)[nH]n1. The average Bonchev–Trinajstić information content (AvgIpc) is 3.54. The summed E-state index contributed by atoms with van der Waals surface area (Å²) in [5.74, 6) is 1.83. The lowest BCUT2D eigenvalue weighted by Crippen LogP contribution is -2.40. The zero-order valence-corrected chi connectivity index (χ0v) is 18.1. The molecule has 1 fully saturated rings. The minimum atomic E-state index is -0.0703.